The van der Waals surface area contributed by atoms with E-state index in [1.807, 2.05) is 73.7 Å². The fourth-order valence-electron chi connectivity index (χ4n) is 4.44. The number of hydrogen-bond acceptors (Lipinski definition) is 5. The fraction of sp³-hybridized carbons (Fsp3) is 0.143. The first-order chi connectivity index (χ1) is 21.0. The predicted molar refractivity (Wildman–Crippen MR) is 173 cm³/mol. The Labute approximate surface area is 256 Å². The normalized spacial score (nSPS) is 14.8. The van der Waals surface area contributed by atoms with Crippen molar-refractivity contribution >= 4 is 40.7 Å². The van der Waals surface area contributed by atoms with Crippen LogP contribution in [0.3, 0.4) is 0 Å². The third-order valence-electron chi connectivity index (χ3n) is 6.43. The Bertz CT molecular complexity index is 1550. The third-order valence-corrected chi connectivity index (χ3v) is 7.37. The van der Waals surface area contributed by atoms with Gasteiger partial charge in [-0.05, 0) is 43.2 Å². The van der Waals surface area contributed by atoms with Gasteiger partial charge in [0, 0.05) is 11.3 Å². The van der Waals surface area contributed by atoms with E-state index in [1.54, 1.807) is 49.4 Å². The smallest absolute Gasteiger partial charge is 0.285 e. The number of thioether (sulfide) groups is 1. The molecule has 0 atom stereocenters. The van der Waals surface area contributed by atoms with Crippen LogP contribution in [0.15, 0.2) is 132 Å². The quantitative estimate of drug-likeness (QED) is 0.157. The molecule has 43 heavy (non-hydrogen) atoms. The number of nitrogens with one attached hydrogen (secondary N) is 1. The highest BCUT2D eigenvalue weighted by molar-refractivity contribution is 8.14. The molecule has 0 bridgehead atoms. The summed E-state index contributed by atoms with van der Waals surface area (Å²) in [5, 5.41) is 3.20. The van der Waals surface area contributed by atoms with Crippen LogP contribution in [0, 0.1) is 0 Å². The molecule has 3 aromatic rings. The van der Waals surface area contributed by atoms with Gasteiger partial charge in [0.2, 0.25) is 5.91 Å². The van der Waals surface area contributed by atoms with Crippen molar-refractivity contribution in [3.05, 3.63) is 144 Å². The maximum absolute atomic E-state index is 13.9. The van der Waals surface area contributed by atoms with Crippen molar-refractivity contribution in [2.45, 2.75) is 19.9 Å². The largest absolute Gasteiger partial charge is 0.493 e. The first-order valence-corrected chi connectivity index (χ1v) is 14.8. The Kier molecular flexibility index (Phi) is 11.0. The molecule has 0 radical (unpaired) electrons. The van der Waals surface area contributed by atoms with Gasteiger partial charge in [0.1, 0.15) is 11.3 Å². The molecule has 0 fully saturated rings. The highest BCUT2D eigenvalue weighted by Gasteiger charge is 2.35. The third kappa shape index (κ3) is 7.87. The van der Waals surface area contributed by atoms with Crippen LogP contribution in [-0.2, 0) is 14.4 Å². The minimum absolute atomic E-state index is 0.0690. The number of rotatable bonds is 11. The molecule has 0 aliphatic carbocycles. The van der Waals surface area contributed by atoms with Crippen molar-refractivity contribution in [1.29, 1.82) is 0 Å². The lowest BCUT2D eigenvalue weighted by atomic mass is 9.99. The van der Waals surface area contributed by atoms with Crippen molar-refractivity contribution < 1.29 is 19.1 Å². The van der Waals surface area contributed by atoms with Crippen molar-refractivity contribution in [2.75, 3.05) is 12.4 Å². The number of amides is 3. The monoisotopic (exact) mass is 591 g/mol. The number of para-hydroxylation sites is 1. The van der Waals surface area contributed by atoms with Crippen LogP contribution >= 0.6 is 11.8 Å². The second-order valence-corrected chi connectivity index (χ2v) is 10.2. The number of aliphatic imine (C=N–C) groups is 1. The van der Waals surface area contributed by atoms with E-state index in [2.05, 4.69) is 16.9 Å². The average Bonchev–Trinajstić information content (AvgIpc) is 3.03. The van der Waals surface area contributed by atoms with Crippen molar-refractivity contribution in [2.24, 2.45) is 4.99 Å². The summed E-state index contributed by atoms with van der Waals surface area (Å²) in [4.78, 5) is 46.0. The van der Waals surface area contributed by atoms with Crippen molar-refractivity contribution in [3.8, 4) is 5.75 Å². The van der Waals surface area contributed by atoms with E-state index in [9.17, 15) is 14.4 Å². The zero-order valence-electron chi connectivity index (χ0n) is 24.1. The zero-order valence-corrected chi connectivity index (χ0v) is 24.9. The summed E-state index contributed by atoms with van der Waals surface area (Å²) >= 11 is 1.02. The highest BCUT2D eigenvalue weighted by Crippen LogP contribution is 2.29. The molecule has 1 heterocycles. The van der Waals surface area contributed by atoms with Gasteiger partial charge < -0.3 is 10.1 Å². The molecule has 7 nitrogen and oxygen atoms in total. The minimum atomic E-state index is -0.690. The molecule has 0 aromatic heterocycles. The maximum Gasteiger partial charge on any atom is 0.285 e. The van der Waals surface area contributed by atoms with E-state index < -0.39 is 11.8 Å². The molecular formula is C35H33N3O4S. The molecule has 1 N–H and O–H groups in total. The van der Waals surface area contributed by atoms with Gasteiger partial charge in [-0.25, -0.2) is 0 Å². The standard InChI is InChI=1S/C35H33N3O4S/c1-4-7-21-28(5-2)38-34(41)29(23-27-20-14-15-22-30(27)42-6-3)33(40)37-35(38)43-24-31(39)36-32(25-16-10-8-11-17-25)26-18-12-9-13-19-26/h4-5,7-23,32H,1,6,24H2,2-3H3,(H,36,39)/b21-7-,28-5+,29-23+. The van der Waals surface area contributed by atoms with E-state index in [0.717, 1.165) is 22.9 Å². The molecule has 3 aromatic carbocycles. The minimum Gasteiger partial charge on any atom is -0.493 e. The van der Waals surface area contributed by atoms with Gasteiger partial charge >= 0.3 is 0 Å². The number of ether oxygens (including phenoxy) is 1. The first kappa shape index (κ1) is 31.0. The van der Waals surface area contributed by atoms with Gasteiger partial charge in [-0.2, -0.15) is 4.99 Å². The maximum atomic E-state index is 13.9. The molecule has 0 unspecified atom stereocenters. The average molecular weight is 592 g/mol. The lowest BCUT2D eigenvalue weighted by molar-refractivity contribution is -0.126. The van der Waals surface area contributed by atoms with Gasteiger partial charge in [-0.3, -0.25) is 19.3 Å². The Hall–Kier alpha value is -4.95. The second kappa shape index (κ2) is 15.3. The molecule has 1 aliphatic heterocycles. The van der Waals surface area contributed by atoms with Crippen LogP contribution in [0.1, 0.15) is 36.6 Å². The summed E-state index contributed by atoms with van der Waals surface area (Å²) < 4.78 is 5.68. The van der Waals surface area contributed by atoms with Crippen molar-refractivity contribution in [1.82, 2.24) is 10.2 Å². The summed E-state index contributed by atoms with van der Waals surface area (Å²) in [5.74, 6) is -1.04. The lowest BCUT2D eigenvalue weighted by Gasteiger charge is -2.28. The van der Waals surface area contributed by atoms with Gasteiger partial charge in [0.25, 0.3) is 11.8 Å². The summed E-state index contributed by atoms with van der Waals surface area (Å²) in [6.07, 6.45) is 8.20. The summed E-state index contributed by atoms with van der Waals surface area (Å²) in [6.45, 7) is 7.78. The first-order valence-electron chi connectivity index (χ1n) is 13.8. The zero-order chi connectivity index (χ0) is 30.6. The predicted octanol–water partition coefficient (Wildman–Crippen LogP) is 6.48. The van der Waals surface area contributed by atoms with E-state index in [0.29, 0.717) is 23.6 Å². The van der Waals surface area contributed by atoms with Crippen LogP contribution in [0.25, 0.3) is 6.08 Å². The molecule has 0 spiro atoms. The molecule has 4 rings (SSSR count). The Morgan fingerprint density at radius 2 is 1.63 bits per heavy atom. The fourth-order valence-corrected chi connectivity index (χ4v) is 5.24. The number of nitrogens with zero attached hydrogens (tertiary/aromatic N) is 2. The second-order valence-electron chi connectivity index (χ2n) is 9.29. The summed E-state index contributed by atoms with van der Waals surface area (Å²) in [5.41, 5.74) is 2.83. The van der Waals surface area contributed by atoms with Crippen LogP contribution in [0.4, 0.5) is 0 Å². The number of hydrogen-bond donors (Lipinski definition) is 1. The van der Waals surface area contributed by atoms with E-state index in [-0.39, 0.29) is 28.4 Å². The number of carbonyl (C=O) groups is 3. The molecule has 1 aliphatic rings. The number of allylic oxidation sites excluding steroid dienone is 4. The van der Waals surface area contributed by atoms with Crippen LogP contribution in [-0.4, -0.2) is 40.1 Å². The van der Waals surface area contributed by atoms with E-state index in [1.165, 1.54) is 11.0 Å². The summed E-state index contributed by atoms with van der Waals surface area (Å²) in [7, 11) is 0. The molecule has 0 saturated carbocycles. The Balaban J connectivity index is 1.63. The van der Waals surface area contributed by atoms with E-state index in [4.69, 9.17) is 4.74 Å². The highest BCUT2D eigenvalue weighted by atomic mass is 32.2. The van der Waals surface area contributed by atoms with Crippen LogP contribution < -0.4 is 10.1 Å². The van der Waals surface area contributed by atoms with Crippen LogP contribution in [0.5, 0.6) is 5.75 Å². The van der Waals surface area contributed by atoms with Crippen LogP contribution in [0.2, 0.25) is 0 Å². The molecule has 8 heteroatoms. The van der Waals surface area contributed by atoms with Gasteiger partial charge in [-0.15, -0.1) is 0 Å². The number of carbonyl (C=O) groups excluding carboxylic acids is 3. The topological polar surface area (TPSA) is 88.1 Å². The summed E-state index contributed by atoms with van der Waals surface area (Å²) in [6, 6.07) is 26.1. The Morgan fingerprint density at radius 3 is 2.23 bits per heavy atom. The van der Waals surface area contributed by atoms with Gasteiger partial charge in [-0.1, -0.05) is 115 Å². The van der Waals surface area contributed by atoms with Gasteiger partial charge in [0.15, 0.2) is 5.17 Å². The molecule has 3 amide bonds. The molecular weight excluding hydrogens is 558 g/mol. The van der Waals surface area contributed by atoms with E-state index >= 15 is 0 Å². The number of amidine groups is 1. The molecule has 0 saturated heterocycles. The number of benzene rings is 3. The SMILES string of the molecule is C=C/C=C\C(=C/C)N1C(=O)/C(=C/c2ccccc2OCC)C(=O)N=C1SCC(=O)NC(c1ccccc1)c1ccccc1. The molecule has 218 valence electrons. The van der Waals surface area contributed by atoms with Crippen molar-refractivity contribution in [3.63, 3.8) is 0 Å². The Morgan fingerprint density at radius 1 is 1.00 bits per heavy atom. The lowest BCUT2D eigenvalue weighted by Crippen LogP contribution is -2.42. The van der Waals surface area contributed by atoms with Gasteiger partial charge in [0.05, 0.1) is 18.4 Å².